The second kappa shape index (κ2) is 10.5. The van der Waals surface area contributed by atoms with Crippen LogP contribution in [0.25, 0.3) is 5.69 Å². The van der Waals surface area contributed by atoms with E-state index in [0.717, 1.165) is 17.7 Å². The molecule has 5 rings (SSSR count). The van der Waals surface area contributed by atoms with E-state index in [1.54, 1.807) is 19.5 Å². The van der Waals surface area contributed by atoms with E-state index in [1.807, 2.05) is 53.1 Å². The van der Waals surface area contributed by atoms with Crippen molar-refractivity contribution < 1.29 is 14.4 Å². The Morgan fingerprint density at radius 1 is 1.16 bits per heavy atom. The number of hydroxylamine groups is 1. The van der Waals surface area contributed by atoms with Crippen LogP contribution >= 0.6 is 0 Å². The van der Waals surface area contributed by atoms with Gasteiger partial charge in [0.1, 0.15) is 17.9 Å². The van der Waals surface area contributed by atoms with Crippen molar-refractivity contribution in [2.45, 2.75) is 19.4 Å². The van der Waals surface area contributed by atoms with Gasteiger partial charge in [0.25, 0.3) is 0 Å². The summed E-state index contributed by atoms with van der Waals surface area (Å²) in [6.07, 6.45) is 7.09. The fourth-order valence-corrected chi connectivity index (χ4v) is 4.23. The highest BCUT2D eigenvalue weighted by molar-refractivity contribution is 6.01. The monoisotopic (exact) mass is 497 g/mol. The maximum absolute atomic E-state index is 12.2. The predicted molar refractivity (Wildman–Crippen MR) is 141 cm³/mol. The van der Waals surface area contributed by atoms with Gasteiger partial charge in [-0.1, -0.05) is 36.9 Å². The molecule has 1 amide bonds. The zero-order valence-electron chi connectivity index (χ0n) is 20.6. The Labute approximate surface area is 214 Å². The summed E-state index contributed by atoms with van der Waals surface area (Å²) >= 11 is 0. The lowest BCUT2D eigenvalue weighted by molar-refractivity contribution is -0.111. The van der Waals surface area contributed by atoms with E-state index < -0.39 is 0 Å². The summed E-state index contributed by atoms with van der Waals surface area (Å²) in [6.45, 7) is 6.05. The van der Waals surface area contributed by atoms with Gasteiger partial charge in [0.05, 0.1) is 48.8 Å². The molecule has 1 aliphatic rings. The van der Waals surface area contributed by atoms with E-state index in [1.165, 1.54) is 12.4 Å². The van der Waals surface area contributed by atoms with Crippen molar-refractivity contribution in [1.82, 2.24) is 19.5 Å². The number of anilines is 4. The Morgan fingerprint density at radius 2 is 2.00 bits per heavy atom. The first-order valence-corrected chi connectivity index (χ1v) is 11.8. The van der Waals surface area contributed by atoms with Gasteiger partial charge in [-0.15, -0.1) is 0 Å². The highest BCUT2D eigenvalue weighted by Crippen LogP contribution is 2.37. The number of benzene rings is 2. The Balaban J connectivity index is 1.48. The van der Waals surface area contributed by atoms with Crippen LogP contribution in [0.5, 0.6) is 5.75 Å². The Hall–Kier alpha value is -4.70. The molecule has 37 heavy (non-hydrogen) atoms. The van der Waals surface area contributed by atoms with Crippen LogP contribution in [0, 0.1) is 6.92 Å². The van der Waals surface area contributed by atoms with Crippen LogP contribution in [0.1, 0.15) is 23.7 Å². The van der Waals surface area contributed by atoms with Crippen molar-refractivity contribution in [3.05, 3.63) is 91.3 Å². The molecule has 2 N–H and O–H groups in total. The largest absolute Gasteiger partial charge is 0.494 e. The second-order valence-electron chi connectivity index (χ2n) is 8.45. The summed E-state index contributed by atoms with van der Waals surface area (Å²) in [7, 11) is 1.58. The summed E-state index contributed by atoms with van der Waals surface area (Å²) in [5, 5.41) is 7.98. The van der Waals surface area contributed by atoms with Gasteiger partial charge < -0.3 is 19.9 Å². The highest BCUT2D eigenvalue weighted by atomic mass is 16.7. The number of aryl methyl sites for hydroxylation is 1. The third-order valence-corrected chi connectivity index (χ3v) is 5.98. The molecule has 1 atom stereocenters. The third kappa shape index (κ3) is 5.14. The molecule has 4 aromatic rings. The smallest absolute Gasteiger partial charge is 0.247 e. The van der Waals surface area contributed by atoms with Crippen LogP contribution in [0.3, 0.4) is 0 Å². The van der Waals surface area contributed by atoms with Crippen molar-refractivity contribution in [2.75, 3.05) is 29.4 Å². The minimum atomic E-state index is -0.336. The number of imidazole rings is 1. The molecule has 0 saturated carbocycles. The van der Waals surface area contributed by atoms with Crippen LogP contribution in [0.15, 0.2) is 80.0 Å². The summed E-state index contributed by atoms with van der Waals surface area (Å²) in [5.41, 5.74) is 3.84. The molecule has 2 aromatic carbocycles. The molecule has 0 bridgehead atoms. The number of rotatable bonds is 8. The van der Waals surface area contributed by atoms with Gasteiger partial charge in [0.15, 0.2) is 5.82 Å². The van der Waals surface area contributed by atoms with Crippen molar-refractivity contribution >= 4 is 28.9 Å². The second-order valence-corrected chi connectivity index (χ2v) is 8.45. The van der Waals surface area contributed by atoms with Crippen LogP contribution < -0.4 is 20.4 Å². The average Bonchev–Trinajstić information content (AvgIpc) is 3.59. The van der Waals surface area contributed by atoms with Gasteiger partial charge in [0.2, 0.25) is 5.91 Å². The Bertz CT molecular complexity index is 1420. The minimum absolute atomic E-state index is 0.0529. The molecule has 0 aliphatic carbocycles. The number of carbonyl (C=O) groups is 1. The lowest BCUT2D eigenvalue weighted by Gasteiger charge is -2.24. The molecule has 2 aromatic heterocycles. The van der Waals surface area contributed by atoms with E-state index >= 15 is 0 Å². The van der Waals surface area contributed by atoms with Crippen LogP contribution in [-0.4, -0.2) is 39.1 Å². The van der Waals surface area contributed by atoms with Gasteiger partial charge in [-0.2, -0.15) is 0 Å². The number of aromatic nitrogens is 4. The van der Waals surface area contributed by atoms with Crippen molar-refractivity contribution in [3.63, 3.8) is 0 Å². The molecule has 188 valence electrons. The molecular formula is C27H27N7O3. The fourth-order valence-electron chi connectivity index (χ4n) is 4.23. The number of nitrogens with one attached hydrogen (secondary N) is 2. The molecule has 1 unspecified atom stereocenters. The number of hydrogen-bond acceptors (Lipinski definition) is 8. The van der Waals surface area contributed by atoms with E-state index in [2.05, 4.69) is 44.3 Å². The first-order chi connectivity index (χ1) is 18.1. The van der Waals surface area contributed by atoms with Crippen LogP contribution in [-0.2, 0) is 9.63 Å². The zero-order chi connectivity index (χ0) is 25.8. The summed E-state index contributed by atoms with van der Waals surface area (Å²) < 4.78 is 7.49. The Morgan fingerprint density at radius 3 is 2.73 bits per heavy atom. The first-order valence-electron chi connectivity index (χ1n) is 11.8. The number of ether oxygens (including phenoxy) is 1. The van der Waals surface area contributed by atoms with Gasteiger partial charge in [-0.3, -0.25) is 9.63 Å². The summed E-state index contributed by atoms with van der Waals surface area (Å²) in [6, 6.07) is 15.7. The molecule has 1 aliphatic heterocycles. The first kappa shape index (κ1) is 24.0. The van der Waals surface area contributed by atoms with Crippen LogP contribution in [0.2, 0.25) is 0 Å². The summed E-state index contributed by atoms with van der Waals surface area (Å²) in [4.78, 5) is 31.2. The topological polar surface area (TPSA) is 106 Å². The minimum Gasteiger partial charge on any atom is -0.494 e. The number of methoxy groups -OCH3 is 1. The average molecular weight is 498 g/mol. The van der Waals surface area contributed by atoms with Crippen molar-refractivity contribution in [3.8, 4) is 11.4 Å². The quantitative estimate of drug-likeness (QED) is 0.337. The number of nitrogens with zero attached hydrogens (tertiary/aromatic N) is 5. The number of hydrogen-bond donors (Lipinski definition) is 2. The van der Waals surface area contributed by atoms with E-state index in [0.29, 0.717) is 41.1 Å². The van der Waals surface area contributed by atoms with Gasteiger partial charge in [0, 0.05) is 24.8 Å². The summed E-state index contributed by atoms with van der Waals surface area (Å²) in [5.74, 6) is 1.39. The van der Waals surface area contributed by atoms with Crippen molar-refractivity contribution in [2.24, 2.45) is 0 Å². The normalized spacial score (nSPS) is 14.9. The molecule has 0 spiro atoms. The molecule has 0 radical (unpaired) electrons. The standard InChI is InChI=1S/C27H27N7O3/c1-4-27(35)32-20-12-21(24(36-3)13-23(20)33-15-18(2)30-17-33)31-25-14-26(29-16-28-25)34-22(10-11-37-34)19-8-6-5-7-9-19/h4-9,12-17,22H,1,10-11H2,2-3H3,(H,32,35)(H,28,29,31). The lowest BCUT2D eigenvalue weighted by Crippen LogP contribution is -2.22. The molecule has 10 nitrogen and oxygen atoms in total. The maximum Gasteiger partial charge on any atom is 0.247 e. The number of carbonyl (C=O) groups excluding carboxylic acids is 1. The molecule has 3 heterocycles. The molecule has 1 fully saturated rings. The van der Waals surface area contributed by atoms with E-state index in [9.17, 15) is 4.79 Å². The fraction of sp³-hybridized carbons (Fsp3) is 0.185. The van der Waals surface area contributed by atoms with Gasteiger partial charge in [-0.25, -0.2) is 20.0 Å². The van der Waals surface area contributed by atoms with Crippen LogP contribution in [0.4, 0.5) is 23.0 Å². The molecule has 1 saturated heterocycles. The Kier molecular flexibility index (Phi) is 6.82. The number of amides is 1. The van der Waals surface area contributed by atoms with E-state index in [4.69, 9.17) is 9.57 Å². The molecular weight excluding hydrogens is 470 g/mol. The third-order valence-electron chi connectivity index (χ3n) is 5.98. The van der Waals surface area contributed by atoms with Crippen molar-refractivity contribution in [1.29, 1.82) is 0 Å². The highest BCUT2D eigenvalue weighted by Gasteiger charge is 2.29. The van der Waals surface area contributed by atoms with Gasteiger partial charge >= 0.3 is 0 Å². The predicted octanol–water partition coefficient (Wildman–Crippen LogP) is 4.73. The maximum atomic E-state index is 12.2. The van der Waals surface area contributed by atoms with E-state index in [-0.39, 0.29) is 11.9 Å². The lowest BCUT2D eigenvalue weighted by atomic mass is 10.0. The zero-order valence-corrected chi connectivity index (χ0v) is 20.6. The molecule has 10 heteroatoms. The van der Waals surface area contributed by atoms with Gasteiger partial charge in [-0.05, 0) is 24.6 Å². The SMILES string of the molecule is C=CC(=O)Nc1cc(Nc2cc(N3OCCC3c3ccccc3)ncn2)c(OC)cc1-n1cnc(C)c1.